The van der Waals surface area contributed by atoms with Gasteiger partial charge in [-0.05, 0) is 36.1 Å². The fraction of sp³-hybridized carbons (Fsp3) is 0.333. The molecule has 0 saturated heterocycles. The quantitative estimate of drug-likeness (QED) is 0.817. The van der Waals surface area contributed by atoms with Gasteiger partial charge >= 0.3 is 0 Å². The average Bonchev–Trinajstić information content (AvgIpc) is 3.30. The Bertz CT molecular complexity index is 921. The lowest BCUT2D eigenvalue weighted by atomic mass is 10.0. The molecule has 0 radical (unpaired) electrons. The van der Waals surface area contributed by atoms with Crippen molar-refractivity contribution in [2.75, 3.05) is 10.5 Å². The van der Waals surface area contributed by atoms with E-state index in [2.05, 4.69) is 9.82 Å². The third-order valence-electron chi connectivity index (χ3n) is 4.19. The number of sulfonamides is 1. The third kappa shape index (κ3) is 3.96. The first-order valence-corrected chi connectivity index (χ1v) is 11.0. The van der Waals surface area contributed by atoms with E-state index in [-0.39, 0.29) is 17.7 Å². The second-order valence-corrected chi connectivity index (χ2v) is 8.95. The number of rotatable bonds is 6. The Hall–Kier alpha value is -2.19. The minimum absolute atomic E-state index is 0.0113. The summed E-state index contributed by atoms with van der Waals surface area (Å²) in [5.41, 5.74) is 2.09. The molecule has 0 fully saturated rings. The molecule has 2 heterocycles. The van der Waals surface area contributed by atoms with Gasteiger partial charge in [0.2, 0.25) is 15.9 Å². The van der Waals surface area contributed by atoms with Crippen LogP contribution in [0.5, 0.6) is 0 Å². The molecule has 0 spiro atoms. The van der Waals surface area contributed by atoms with Gasteiger partial charge in [0.1, 0.15) is 0 Å². The molecule has 0 unspecified atom stereocenters. The molecule has 2 aromatic rings. The van der Waals surface area contributed by atoms with Crippen molar-refractivity contribution in [3.8, 4) is 0 Å². The monoisotopic (exact) mass is 391 g/mol. The lowest BCUT2D eigenvalue weighted by Gasteiger charge is -2.19. The van der Waals surface area contributed by atoms with E-state index in [1.165, 1.54) is 0 Å². The molecular formula is C18H21N3O3S2. The second kappa shape index (κ2) is 7.59. The van der Waals surface area contributed by atoms with Crippen molar-refractivity contribution in [3.63, 3.8) is 0 Å². The van der Waals surface area contributed by atoms with Gasteiger partial charge in [-0.15, -0.1) is 11.3 Å². The van der Waals surface area contributed by atoms with E-state index in [1.54, 1.807) is 41.5 Å². The van der Waals surface area contributed by atoms with Crippen LogP contribution in [-0.4, -0.2) is 30.8 Å². The van der Waals surface area contributed by atoms with Crippen LogP contribution in [0.3, 0.4) is 0 Å². The number of hydrogen-bond donors (Lipinski definition) is 1. The highest BCUT2D eigenvalue weighted by molar-refractivity contribution is 7.92. The molecule has 0 bridgehead atoms. The first-order chi connectivity index (χ1) is 12.4. The third-order valence-corrected chi connectivity index (χ3v) is 6.47. The van der Waals surface area contributed by atoms with Crippen LogP contribution in [0.25, 0.3) is 0 Å². The number of nitrogens with one attached hydrogen (secondary N) is 1. The molecule has 1 N–H and O–H groups in total. The van der Waals surface area contributed by atoms with Gasteiger partial charge in [-0.1, -0.05) is 25.1 Å². The number of thiophene rings is 1. The largest absolute Gasteiger partial charge is 0.284 e. The summed E-state index contributed by atoms with van der Waals surface area (Å²) in [5, 5.41) is 8.10. The molecular weight excluding hydrogens is 370 g/mol. The van der Waals surface area contributed by atoms with Crippen molar-refractivity contribution in [3.05, 3.63) is 52.2 Å². The Balaban J connectivity index is 1.90. The number of hydrazone groups is 1. The molecule has 1 atom stereocenters. The highest BCUT2D eigenvalue weighted by atomic mass is 32.2. The van der Waals surface area contributed by atoms with Gasteiger partial charge < -0.3 is 0 Å². The number of hydrogen-bond acceptors (Lipinski definition) is 5. The van der Waals surface area contributed by atoms with Crippen molar-refractivity contribution in [2.45, 2.75) is 32.7 Å². The summed E-state index contributed by atoms with van der Waals surface area (Å²) in [4.78, 5) is 13.4. The molecule has 1 aliphatic rings. The summed E-state index contributed by atoms with van der Waals surface area (Å²) in [5.74, 6) is -0.0153. The Morgan fingerprint density at radius 2 is 2.12 bits per heavy atom. The zero-order valence-electron chi connectivity index (χ0n) is 14.7. The molecule has 26 heavy (non-hydrogen) atoms. The van der Waals surface area contributed by atoms with Gasteiger partial charge in [-0.25, -0.2) is 13.4 Å². The van der Waals surface area contributed by atoms with Crippen LogP contribution in [0.15, 0.2) is 46.9 Å². The maximum Gasteiger partial charge on any atom is 0.243 e. The van der Waals surface area contributed by atoms with E-state index in [9.17, 15) is 13.2 Å². The van der Waals surface area contributed by atoms with Gasteiger partial charge in [-0.3, -0.25) is 9.52 Å². The van der Waals surface area contributed by atoms with Crippen molar-refractivity contribution >= 4 is 38.7 Å². The summed E-state index contributed by atoms with van der Waals surface area (Å²) in [7, 11) is -3.34. The lowest BCUT2D eigenvalue weighted by molar-refractivity contribution is -0.132. The number of amides is 1. The number of anilines is 1. The summed E-state index contributed by atoms with van der Waals surface area (Å²) < 4.78 is 26.1. The lowest BCUT2D eigenvalue weighted by Crippen LogP contribution is -2.25. The zero-order valence-corrected chi connectivity index (χ0v) is 16.3. The summed E-state index contributed by atoms with van der Waals surface area (Å²) in [6, 6.07) is 11.0. The van der Waals surface area contributed by atoms with E-state index in [0.29, 0.717) is 18.5 Å². The van der Waals surface area contributed by atoms with Crippen LogP contribution in [0.2, 0.25) is 0 Å². The Labute approximate surface area is 157 Å². The molecule has 3 rings (SSSR count). The summed E-state index contributed by atoms with van der Waals surface area (Å²) in [6.07, 6.45) is 0.991. The van der Waals surface area contributed by atoms with Crippen molar-refractivity contribution in [1.29, 1.82) is 0 Å². The molecule has 1 aromatic carbocycles. The fourth-order valence-corrected chi connectivity index (χ4v) is 4.24. The highest BCUT2D eigenvalue weighted by Crippen LogP contribution is 2.35. The van der Waals surface area contributed by atoms with E-state index < -0.39 is 10.0 Å². The smallest absolute Gasteiger partial charge is 0.243 e. The number of nitrogens with zero attached hydrogens (tertiary/aromatic N) is 2. The summed E-state index contributed by atoms with van der Waals surface area (Å²) in [6.45, 7) is 3.41. The predicted molar refractivity (Wildman–Crippen MR) is 105 cm³/mol. The van der Waals surface area contributed by atoms with Crippen LogP contribution in [0.1, 0.15) is 43.2 Å². The van der Waals surface area contributed by atoms with Crippen molar-refractivity contribution in [1.82, 2.24) is 5.01 Å². The molecule has 1 aliphatic heterocycles. The van der Waals surface area contributed by atoms with Gasteiger partial charge in [0, 0.05) is 23.4 Å². The van der Waals surface area contributed by atoms with Gasteiger partial charge in [0.15, 0.2) is 0 Å². The molecule has 6 nitrogen and oxygen atoms in total. The average molecular weight is 392 g/mol. The Morgan fingerprint density at radius 1 is 1.31 bits per heavy atom. The van der Waals surface area contributed by atoms with Crippen LogP contribution in [0.4, 0.5) is 5.69 Å². The Kier molecular flexibility index (Phi) is 5.43. The minimum Gasteiger partial charge on any atom is -0.284 e. The summed E-state index contributed by atoms with van der Waals surface area (Å²) >= 11 is 1.60. The van der Waals surface area contributed by atoms with Crippen LogP contribution in [-0.2, 0) is 14.8 Å². The van der Waals surface area contributed by atoms with E-state index >= 15 is 0 Å². The van der Waals surface area contributed by atoms with Crippen LogP contribution in [0, 0.1) is 0 Å². The number of carbonyl (C=O) groups excluding carboxylic acids is 1. The predicted octanol–water partition coefficient (Wildman–Crippen LogP) is 3.60. The van der Waals surface area contributed by atoms with Crippen molar-refractivity contribution < 1.29 is 13.2 Å². The minimum atomic E-state index is -3.34. The van der Waals surface area contributed by atoms with Crippen LogP contribution < -0.4 is 4.72 Å². The van der Waals surface area contributed by atoms with E-state index in [1.807, 2.05) is 30.5 Å². The topological polar surface area (TPSA) is 78.8 Å². The molecule has 0 aliphatic carbocycles. The molecule has 8 heteroatoms. The first-order valence-electron chi connectivity index (χ1n) is 8.47. The highest BCUT2D eigenvalue weighted by Gasteiger charge is 2.32. The maximum absolute atomic E-state index is 12.3. The van der Waals surface area contributed by atoms with Crippen molar-refractivity contribution in [2.24, 2.45) is 5.10 Å². The Morgan fingerprint density at radius 3 is 2.77 bits per heavy atom. The number of benzene rings is 1. The van der Waals surface area contributed by atoms with Gasteiger partial charge in [-0.2, -0.15) is 5.10 Å². The second-order valence-electron chi connectivity index (χ2n) is 5.96. The molecule has 0 saturated carbocycles. The normalized spacial score (nSPS) is 17.2. The fourth-order valence-electron chi connectivity index (χ4n) is 2.79. The molecule has 1 aromatic heterocycles. The number of carbonyl (C=O) groups is 1. The van der Waals surface area contributed by atoms with Gasteiger partial charge in [0.25, 0.3) is 0 Å². The first kappa shape index (κ1) is 18.6. The van der Waals surface area contributed by atoms with Crippen LogP contribution >= 0.6 is 11.3 Å². The van der Waals surface area contributed by atoms with E-state index in [4.69, 9.17) is 0 Å². The van der Waals surface area contributed by atoms with Gasteiger partial charge in [0.05, 0.1) is 17.5 Å². The SMILES string of the molecule is CCC(=O)N1N=C(c2cccc(NS(=O)(=O)CC)c2)C[C@H]1c1cccs1. The standard InChI is InChI=1S/C18H21N3O3S2/c1-3-18(22)21-16(17-9-6-10-25-17)12-15(19-21)13-7-5-8-14(11-13)20-26(23,24)4-2/h5-11,16,20H,3-4,12H2,1-2H3/t16-/m0/s1. The molecule has 138 valence electrons. The maximum atomic E-state index is 12.3. The zero-order chi connectivity index (χ0) is 18.7. The molecule has 1 amide bonds. The van der Waals surface area contributed by atoms with E-state index in [0.717, 1.165) is 16.2 Å².